The standard InChI is InChI=1S/C39H28N4S/c1-3-11-25(12-4-1)37-40-38(26-13-5-2-6-14-26)42-39(41-37)27-19-21-28(22-20-27)43-33-17-9-7-15-29(33)31-23-24-32-30-16-8-10-18-34(30)44-36(32)35(31)43/h1-24,37,39,41H,(H,40,42). The SMILES string of the molecule is c1ccc(C2=NC(c3ccccc3)NC(c3ccc(-n4c5ccccc5c5ccc6c7ccccc7sc6c54)cc3)N2)cc1. The first kappa shape index (κ1) is 25.3. The first-order chi connectivity index (χ1) is 21.8. The van der Waals surface area contributed by atoms with Gasteiger partial charge in [0, 0.05) is 37.5 Å². The lowest BCUT2D eigenvalue weighted by Gasteiger charge is -2.32. The molecule has 8 aromatic rings. The second kappa shape index (κ2) is 10.2. The van der Waals surface area contributed by atoms with Crippen molar-refractivity contribution < 1.29 is 0 Å². The highest BCUT2D eigenvalue weighted by Crippen LogP contribution is 2.42. The minimum atomic E-state index is -0.157. The lowest BCUT2D eigenvalue weighted by molar-refractivity contribution is 0.409. The Morgan fingerprint density at radius 2 is 1.25 bits per heavy atom. The van der Waals surface area contributed by atoms with Crippen LogP contribution >= 0.6 is 11.3 Å². The minimum absolute atomic E-state index is 0.102. The maximum absolute atomic E-state index is 5.06. The molecule has 9 rings (SSSR count). The predicted octanol–water partition coefficient (Wildman–Crippen LogP) is 9.49. The van der Waals surface area contributed by atoms with Crippen molar-refractivity contribution in [1.29, 1.82) is 0 Å². The van der Waals surface area contributed by atoms with Crippen LogP contribution in [0.4, 0.5) is 0 Å². The van der Waals surface area contributed by atoms with E-state index in [2.05, 4.69) is 149 Å². The molecule has 0 saturated heterocycles. The molecule has 1 aliphatic rings. The van der Waals surface area contributed by atoms with Crippen molar-refractivity contribution in [2.24, 2.45) is 4.99 Å². The number of para-hydroxylation sites is 1. The van der Waals surface area contributed by atoms with E-state index in [9.17, 15) is 0 Å². The van der Waals surface area contributed by atoms with E-state index in [1.807, 2.05) is 23.5 Å². The molecule has 3 heterocycles. The molecule has 2 N–H and O–H groups in total. The van der Waals surface area contributed by atoms with Crippen molar-refractivity contribution in [3.63, 3.8) is 0 Å². The summed E-state index contributed by atoms with van der Waals surface area (Å²) in [7, 11) is 0. The molecular weight excluding hydrogens is 557 g/mol. The van der Waals surface area contributed by atoms with E-state index in [4.69, 9.17) is 4.99 Å². The molecule has 44 heavy (non-hydrogen) atoms. The molecule has 4 nitrogen and oxygen atoms in total. The van der Waals surface area contributed by atoms with Crippen molar-refractivity contribution in [1.82, 2.24) is 15.2 Å². The summed E-state index contributed by atoms with van der Waals surface area (Å²) in [6, 6.07) is 51.9. The van der Waals surface area contributed by atoms with Crippen molar-refractivity contribution >= 4 is 59.2 Å². The molecule has 0 radical (unpaired) electrons. The smallest absolute Gasteiger partial charge is 0.131 e. The molecule has 2 unspecified atom stereocenters. The van der Waals surface area contributed by atoms with E-state index in [0.29, 0.717) is 0 Å². The third-order valence-electron chi connectivity index (χ3n) is 8.69. The zero-order valence-corrected chi connectivity index (χ0v) is 24.6. The van der Waals surface area contributed by atoms with E-state index in [-0.39, 0.29) is 12.3 Å². The molecule has 0 bridgehead atoms. The van der Waals surface area contributed by atoms with Gasteiger partial charge < -0.3 is 9.88 Å². The number of nitrogens with one attached hydrogen (secondary N) is 2. The Labute approximate surface area is 258 Å². The van der Waals surface area contributed by atoms with Gasteiger partial charge in [-0.05, 0) is 35.4 Å². The monoisotopic (exact) mass is 584 g/mol. The van der Waals surface area contributed by atoms with E-state index in [1.54, 1.807) is 0 Å². The second-order valence-electron chi connectivity index (χ2n) is 11.3. The summed E-state index contributed by atoms with van der Waals surface area (Å²) >= 11 is 1.88. The Morgan fingerprint density at radius 1 is 0.568 bits per heavy atom. The van der Waals surface area contributed by atoms with Gasteiger partial charge in [-0.2, -0.15) is 0 Å². The van der Waals surface area contributed by atoms with Gasteiger partial charge in [-0.25, -0.2) is 4.99 Å². The van der Waals surface area contributed by atoms with E-state index < -0.39 is 0 Å². The van der Waals surface area contributed by atoms with Gasteiger partial charge in [-0.15, -0.1) is 11.3 Å². The average Bonchev–Trinajstić information content (AvgIpc) is 3.65. The molecule has 5 heteroatoms. The molecule has 2 aromatic heterocycles. The fraction of sp³-hybridized carbons (Fsp3) is 0.0513. The molecule has 0 fully saturated rings. The molecule has 0 spiro atoms. The number of thiophene rings is 1. The molecule has 0 aliphatic carbocycles. The van der Waals surface area contributed by atoms with Crippen LogP contribution in [-0.2, 0) is 0 Å². The quantitative estimate of drug-likeness (QED) is 0.216. The third kappa shape index (κ3) is 4.05. The lowest BCUT2D eigenvalue weighted by Crippen LogP contribution is -2.44. The summed E-state index contributed by atoms with van der Waals surface area (Å²) in [6.45, 7) is 0. The average molecular weight is 585 g/mol. The number of aromatic nitrogens is 1. The Kier molecular flexibility index (Phi) is 5.86. The van der Waals surface area contributed by atoms with Crippen LogP contribution < -0.4 is 10.6 Å². The van der Waals surface area contributed by atoms with Crippen molar-refractivity contribution in [2.75, 3.05) is 0 Å². The third-order valence-corrected chi connectivity index (χ3v) is 9.88. The number of hydrogen-bond acceptors (Lipinski definition) is 4. The normalized spacial score (nSPS) is 16.9. The van der Waals surface area contributed by atoms with Gasteiger partial charge in [0.25, 0.3) is 0 Å². The summed E-state index contributed by atoms with van der Waals surface area (Å²) < 4.78 is 5.09. The van der Waals surface area contributed by atoms with E-state index in [0.717, 1.165) is 28.2 Å². The Morgan fingerprint density at radius 3 is 2.07 bits per heavy atom. The highest BCUT2D eigenvalue weighted by molar-refractivity contribution is 7.26. The van der Waals surface area contributed by atoms with Crippen LogP contribution in [0.2, 0.25) is 0 Å². The van der Waals surface area contributed by atoms with Gasteiger partial charge in [0.1, 0.15) is 18.2 Å². The molecule has 0 amide bonds. The fourth-order valence-electron chi connectivity index (χ4n) is 6.59. The van der Waals surface area contributed by atoms with Gasteiger partial charge in [-0.3, -0.25) is 5.32 Å². The summed E-state index contributed by atoms with van der Waals surface area (Å²) in [4.78, 5) is 5.06. The second-order valence-corrected chi connectivity index (χ2v) is 12.3. The highest BCUT2D eigenvalue weighted by Gasteiger charge is 2.25. The fourth-order valence-corrected chi connectivity index (χ4v) is 7.83. The van der Waals surface area contributed by atoms with Gasteiger partial charge in [0.05, 0.1) is 15.7 Å². The van der Waals surface area contributed by atoms with Crippen LogP contribution in [0.5, 0.6) is 0 Å². The molecular formula is C39H28N4S. The first-order valence-corrected chi connectivity index (χ1v) is 15.8. The van der Waals surface area contributed by atoms with Gasteiger partial charge >= 0.3 is 0 Å². The van der Waals surface area contributed by atoms with E-state index >= 15 is 0 Å². The number of fused-ring (bicyclic) bond motifs is 7. The number of hydrogen-bond donors (Lipinski definition) is 2. The summed E-state index contributed by atoms with van der Waals surface area (Å²) in [6.07, 6.45) is -0.259. The number of benzene rings is 6. The topological polar surface area (TPSA) is 41.4 Å². The van der Waals surface area contributed by atoms with Crippen molar-refractivity contribution in [2.45, 2.75) is 12.3 Å². The zero-order chi connectivity index (χ0) is 29.0. The van der Waals surface area contributed by atoms with Gasteiger partial charge in [-0.1, -0.05) is 121 Å². The summed E-state index contributed by atoms with van der Waals surface area (Å²) in [5.74, 6) is 0.891. The molecule has 1 aliphatic heterocycles. The summed E-state index contributed by atoms with van der Waals surface area (Å²) in [5.41, 5.74) is 7.02. The van der Waals surface area contributed by atoms with E-state index in [1.165, 1.54) is 42.0 Å². The number of nitrogens with zero attached hydrogens (tertiary/aromatic N) is 2. The molecule has 2 atom stereocenters. The predicted molar refractivity (Wildman–Crippen MR) is 185 cm³/mol. The van der Waals surface area contributed by atoms with Crippen LogP contribution in [0.3, 0.4) is 0 Å². The largest absolute Gasteiger partial charge is 0.350 e. The van der Waals surface area contributed by atoms with Crippen LogP contribution in [0.15, 0.2) is 151 Å². The Hall–Kier alpha value is -5.23. The maximum atomic E-state index is 5.06. The Bertz CT molecular complexity index is 2330. The molecule has 210 valence electrons. The lowest BCUT2D eigenvalue weighted by atomic mass is 10.1. The van der Waals surface area contributed by atoms with Crippen molar-refractivity contribution in [3.05, 3.63) is 162 Å². The van der Waals surface area contributed by atoms with Crippen LogP contribution in [0.25, 0.3) is 47.7 Å². The molecule has 6 aromatic carbocycles. The maximum Gasteiger partial charge on any atom is 0.131 e. The summed E-state index contributed by atoms with van der Waals surface area (Å²) in [5, 5.41) is 12.6. The van der Waals surface area contributed by atoms with Crippen LogP contribution in [0.1, 0.15) is 29.0 Å². The number of amidine groups is 1. The van der Waals surface area contributed by atoms with Crippen LogP contribution in [0, 0.1) is 0 Å². The minimum Gasteiger partial charge on any atom is -0.350 e. The highest BCUT2D eigenvalue weighted by atomic mass is 32.1. The number of rotatable bonds is 4. The molecule has 0 saturated carbocycles. The zero-order valence-electron chi connectivity index (χ0n) is 23.8. The van der Waals surface area contributed by atoms with Gasteiger partial charge in [0.15, 0.2) is 0 Å². The Balaban J connectivity index is 1.16. The van der Waals surface area contributed by atoms with Crippen molar-refractivity contribution in [3.8, 4) is 5.69 Å². The van der Waals surface area contributed by atoms with Gasteiger partial charge in [0.2, 0.25) is 0 Å². The number of aliphatic imine (C=N–C) groups is 1. The first-order valence-electron chi connectivity index (χ1n) is 15.0. The van der Waals surface area contributed by atoms with Crippen LogP contribution in [-0.4, -0.2) is 10.4 Å².